The second kappa shape index (κ2) is 4.97. The molecule has 0 aliphatic rings. The van der Waals surface area contributed by atoms with Gasteiger partial charge in [-0.05, 0) is 48.9 Å². The molecule has 0 spiro atoms. The quantitative estimate of drug-likeness (QED) is 0.732. The Hall–Kier alpha value is -2.76. The zero-order chi connectivity index (χ0) is 15.0. The molecule has 0 saturated carbocycles. The van der Waals surface area contributed by atoms with Gasteiger partial charge in [-0.1, -0.05) is 5.16 Å². The van der Waals surface area contributed by atoms with Gasteiger partial charge in [0.05, 0.1) is 5.69 Å². The molecule has 1 aromatic heterocycles. The third-order valence-electron chi connectivity index (χ3n) is 3.10. The molecule has 0 fully saturated rings. The molecule has 0 aliphatic carbocycles. The highest BCUT2D eigenvalue weighted by atomic mass is 19.1. The summed E-state index contributed by atoms with van der Waals surface area (Å²) in [5, 5.41) is 3.86. The molecule has 0 amide bonds. The van der Waals surface area contributed by atoms with Gasteiger partial charge in [0.15, 0.2) is 0 Å². The van der Waals surface area contributed by atoms with E-state index in [1.54, 1.807) is 13.0 Å². The molecule has 2 N–H and O–H groups in total. The Kier molecular flexibility index (Phi) is 3.13. The maximum absolute atomic E-state index is 13.1. The van der Waals surface area contributed by atoms with Crippen molar-refractivity contribution in [1.82, 2.24) is 10.1 Å². The van der Waals surface area contributed by atoms with Gasteiger partial charge in [0, 0.05) is 11.1 Å². The Morgan fingerprint density at radius 1 is 1.10 bits per heavy atom. The van der Waals surface area contributed by atoms with Crippen LogP contribution in [0.5, 0.6) is 0 Å². The van der Waals surface area contributed by atoms with Crippen molar-refractivity contribution in [1.29, 1.82) is 0 Å². The van der Waals surface area contributed by atoms with Crippen LogP contribution in [0.15, 0.2) is 40.9 Å². The SMILES string of the molecule is Cc1cc(F)ccc1-c1noc(-c2ccc(F)c(N)c2)n1. The average molecular weight is 287 g/mol. The number of rotatable bonds is 2. The fourth-order valence-corrected chi connectivity index (χ4v) is 2.00. The van der Waals surface area contributed by atoms with Crippen LogP contribution in [0.1, 0.15) is 5.56 Å². The van der Waals surface area contributed by atoms with Crippen molar-refractivity contribution in [2.45, 2.75) is 6.92 Å². The number of anilines is 1. The summed E-state index contributed by atoms with van der Waals surface area (Å²) in [5.74, 6) is -0.273. The van der Waals surface area contributed by atoms with Crippen molar-refractivity contribution in [2.24, 2.45) is 0 Å². The van der Waals surface area contributed by atoms with Gasteiger partial charge < -0.3 is 10.3 Å². The van der Waals surface area contributed by atoms with E-state index in [9.17, 15) is 8.78 Å². The lowest BCUT2D eigenvalue weighted by Gasteiger charge is -2.00. The van der Waals surface area contributed by atoms with E-state index in [2.05, 4.69) is 10.1 Å². The smallest absolute Gasteiger partial charge is 0.258 e. The first-order valence-corrected chi connectivity index (χ1v) is 6.20. The zero-order valence-electron chi connectivity index (χ0n) is 11.1. The number of hydrogen-bond acceptors (Lipinski definition) is 4. The Bertz CT molecular complexity index is 814. The molecular weight excluding hydrogens is 276 g/mol. The predicted molar refractivity (Wildman–Crippen MR) is 74.2 cm³/mol. The molecule has 1 heterocycles. The summed E-state index contributed by atoms with van der Waals surface area (Å²) in [6.07, 6.45) is 0. The third-order valence-corrected chi connectivity index (χ3v) is 3.10. The summed E-state index contributed by atoms with van der Waals surface area (Å²) in [5.41, 5.74) is 7.40. The van der Waals surface area contributed by atoms with Crippen LogP contribution in [0, 0.1) is 18.6 Å². The molecule has 0 saturated heterocycles. The topological polar surface area (TPSA) is 64.9 Å². The van der Waals surface area contributed by atoms with Gasteiger partial charge in [-0.15, -0.1) is 0 Å². The molecule has 4 nitrogen and oxygen atoms in total. The number of aromatic nitrogens is 2. The van der Waals surface area contributed by atoms with E-state index in [1.165, 1.54) is 30.3 Å². The lowest BCUT2D eigenvalue weighted by Crippen LogP contribution is -1.91. The van der Waals surface area contributed by atoms with Crippen molar-refractivity contribution in [3.63, 3.8) is 0 Å². The summed E-state index contributed by atoms with van der Waals surface area (Å²) < 4.78 is 31.4. The minimum Gasteiger partial charge on any atom is -0.396 e. The maximum atomic E-state index is 13.1. The molecule has 0 bridgehead atoms. The zero-order valence-corrected chi connectivity index (χ0v) is 11.1. The van der Waals surface area contributed by atoms with Crippen molar-refractivity contribution in [3.8, 4) is 22.8 Å². The Morgan fingerprint density at radius 2 is 1.90 bits per heavy atom. The van der Waals surface area contributed by atoms with Crippen LogP contribution >= 0.6 is 0 Å². The first kappa shape index (κ1) is 13.2. The standard InChI is InChI=1S/C15H11F2N3O/c1-8-6-10(16)3-4-11(8)14-19-15(21-20-14)9-2-5-12(17)13(18)7-9/h2-7H,18H2,1H3. The molecule has 0 atom stereocenters. The Morgan fingerprint density at radius 3 is 2.62 bits per heavy atom. The number of aryl methyl sites for hydroxylation is 1. The van der Waals surface area contributed by atoms with Gasteiger partial charge in [-0.2, -0.15) is 4.98 Å². The first-order valence-electron chi connectivity index (χ1n) is 6.20. The van der Waals surface area contributed by atoms with Crippen LogP contribution in [-0.2, 0) is 0 Å². The third kappa shape index (κ3) is 2.47. The van der Waals surface area contributed by atoms with Crippen LogP contribution in [0.25, 0.3) is 22.8 Å². The summed E-state index contributed by atoms with van der Waals surface area (Å²) in [4.78, 5) is 4.23. The second-order valence-corrected chi connectivity index (χ2v) is 4.62. The fourth-order valence-electron chi connectivity index (χ4n) is 2.00. The van der Waals surface area contributed by atoms with Crippen molar-refractivity contribution in [3.05, 3.63) is 53.6 Å². The molecule has 3 aromatic rings. The minimum atomic E-state index is -0.507. The monoisotopic (exact) mass is 287 g/mol. The van der Waals surface area contributed by atoms with Gasteiger partial charge in [0.1, 0.15) is 11.6 Å². The Balaban J connectivity index is 2.01. The fraction of sp³-hybridized carbons (Fsp3) is 0.0667. The molecule has 0 radical (unpaired) electrons. The second-order valence-electron chi connectivity index (χ2n) is 4.62. The van der Waals surface area contributed by atoms with Crippen molar-refractivity contribution in [2.75, 3.05) is 5.73 Å². The summed E-state index contributed by atoms with van der Waals surface area (Å²) in [6, 6.07) is 8.45. The van der Waals surface area contributed by atoms with E-state index in [0.717, 1.165) is 0 Å². The molecule has 106 valence electrons. The van der Waals surface area contributed by atoms with Crippen molar-refractivity contribution < 1.29 is 13.3 Å². The summed E-state index contributed by atoms with van der Waals surface area (Å²) in [6.45, 7) is 1.75. The lowest BCUT2D eigenvalue weighted by molar-refractivity contribution is 0.432. The van der Waals surface area contributed by atoms with Crippen molar-refractivity contribution >= 4 is 5.69 Å². The number of halogens is 2. The van der Waals surface area contributed by atoms with Crippen LogP contribution in [-0.4, -0.2) is 10.1 Å². The molecule has 3 rings (SSSR count). The normalized spacial score (nSPS) is 10.8. The summed E-state index contributed by atoms with van der Waals surface area (Å²) in [7, 11) is 0. The first-order chi connectivity index (χ1) is 10.0. The van der Waals surface area contributed by atoms with E-state index in [1.807, 2.05) is 0 Å². The largest absolute Gasteiger partial charge is 0.396 e. The molecule has 0 unspecified atom stereocenters. The molecule has 0 aliphatic heterocycles. The van der Waals surface area contributed by atoms with Gasteiger partial charge in [0.25, 0.3) is 5.89 Å². The highest BCUT2D eigenvalue weighted by molar-refractivity contribution is 5.64. The van der Waals surface area contributed by atoms with E-state index < -0.39 is 5.82 Å². The van der Waals surface area contributed by atoms with E-state index in [4.69, 9.17) is 10.3 Å². The molecule has 21 heavy (non-hydrogen) atoms. The van der Waals surface area contributed by atoms with Crippen LogP contribution in [0.3, 0.4) is 0 Å². The maximum Gasteiger partial charge on any atom is 0.258 e. The number of hydrogen-bond donors (Lipinski definition) is 1. The number of benzene rings is 2. The highest BCUT2D eigenvalue weighted by Gasteiger charge is 2.13. The summed E-state index contributed by atoms with van der Waals surface area (Å²) >= 11 is 0. The van der Waals surface area contributed by atoms with E-state index in [0.29, 0.717) is 22.5 Å². The number of nitrogen functional groups attached to an aromatic ring is 1. The predicted octanol–water partition coefficient (Wildman–Crippen LogP) is 3.57. The molecule has 2 aromatic carbocycles. The van der Waals surface area contributed by atoms with E-state index in [-0.39, 0.29) is 17.4 Å². The van der Waals surface area contributed by atoms with Gasteiger partial charge in [-0.3, -0.25) is 0 Å². The minimum absolute atomic E-state index is 0.00483. The highest BCUT2D eigenvalue weighted by Crippen LogP contribution is 2.26. The van der Waals surface area contributed by atoms with Gasteiger partial charge in [0.2, 0.25) is 5.82 Å². The average Bonchev–Trinajstić information content (AvgIpc) is 2.91. The van der Waals surface area contributed by atoms with Gasteiger partial charge >= 0.3 is 0 Å². The number of nitrogens with zero attached hydrogens (tertiary/aromatic N) is 2. The number of nitrogens with two attached hydrogens (primary N) is 1. The molecule has 6 heteroatoms. The van der Waals surface area contributed by atoms with Crippen LogP contribution in [0.2, 0.25) is 0 Å². The van der Waals surface area contributed by atoms with E-state index >= 15 is 0 Å². The van der Waals surface area contributed by atoms with Crippen LogP contribution < -0.4 is 5.73 Å². The Labute approximate surface area is 119 Å². The van der Waals surface area contributed by atoms with Crippen LogP contribution in [0.4, 0.5) is 14.5 Å². The molecular formula is C15H11F2N3O. The van der Waals surface area contributed by atoms with Gasteiger partial charge in [-0.25, -0.2) is 8.78 Å². The lowest BCUT2D eigenvalue weighted by atomic mass is 10.1.